The number of nitrogens with zero attached hydrogens (tertiary/aromatic N) is 2. The molecule has 0 saturated carbocycles. The van der Waals surface area contributed by atoms with Gasteiger partial charge in [0, 0.05) is 6.20 Å². The van der Waals surface area contributed by atoms with E-state index in [9.17, 15) is 24.4 Å². The first-order valence-corrected chi connectivity index (χ1v) is 11.8. The number of methoxy groups -OCH3 is 1. The third-order valence-electron chi connectivity index (χ3n) is 5.04. The molecular weight excluding hydrogens is 471 g/mol. The second-order valence-electron chi connectivity index (χ2n) is 7.60. The number of aliphatic hydroxyl groups is 2. The van der Waals surface area contributed by atoms with Crippen LogP contribution in [0.1, 0.15) is 20.1 Å². The Labute approximate surface area is 195 Å². The fraction of sp³-hybridized carbons (Fsp3) is 0.450. The van der Waals surface area contributed by atoms with Gasteiger partial charge in [-0.05, 0) is 32.0 Å². The van der Waals surface area contributed by atoms with Crippen molar-refractivity contribution in [1.29, 1.82) is 0 Å². The average Bonchev–Trinajstić information content (AvgIpc) is 3.08. The van der Waals surface area contributed by atoms with Crippen molar-refractivity contribution in [3.63, 3.8) is 0 Å². The summed E-state index contributed by atoms with van der Waals surface area (Å²) in [6.45, 7) is 2.83. The Kier molecular flexibility index (Phi) is 8.08. The van der Waals surface area contributed by atoms with Gasteiger partial charge in [-0.25, -0.2) is 9.36 Å². The van der Waals surface area contributed by atoms with Crippen LogP contribution < -0.4 is 21.0 Å². The number of benzene rings is 1. The van der Waals surface area contributed by atoms with Crippen molar-refractivity contribution in [3.8, 4) is 5.75 Å². The van der Waals surface area contributed by atoms with Gasteiger partial charge >= 0.3 is 19.4 Å². The zero-order valence-corrected chi connectivity index (χ0v) is 19.6. The highest BCUT2D eigenvalue weighted by Gasteiger charge is 2.49. The summed E-state index contributed by atoms with van der Waals surface area (Å²) in [4.78, 5) is 27.6. The van der Waals surface area contributed by atoms with Crippen molar-refractivity contribution >= 4 is 19.5 Å². The minimum absolute atomic E-state index is 0.0210. The van der Waals surface area contributed by atoms with Crippen LogP contribution in [-0.4, -0.2) is 63.3 Å². The fourth-order valence-corrected chi connectivity index (χ4v) is 5.06. The topological polar surface area (TPSA) is 184 Å². The number of para-hydroxylation sites is 1. The predicted octanol–water partition coefficient (Wildman–Crippen LogP) is 0.188. The monoisotopic (exact) mass is 498 g/mol. The smallest absolute Gasteiger partial charge is 0.459 e. The molecule has 1 aromatic carbocycles. The van der Waals surface area contributed by atoms with E-state index in [-0.39, 0.29) is 11.6 Å². The third kappa shape index (κ3) is 5.81. The molecule has 5 unspecified atom stereocenters. The first-order chi connectivity index (χ1) is 16.0. The van der Waals surface area contributed by atoms with Gasteiger partial charge in [-0.2, -0.15) is 10.1 Å². The van der Waals surface area contributed by atoms with Gasteiger partial charge in [-0.3, -0.25) is 13.9 Å². The van der Waals surface area contributed by atoms with Crippen LogP contribution in [0.2, 0.25) is 0 Å². The van der Waals surface area contributed by atoms with E-state index in [4.69, 9.17) is 19.5 Å². The molecule has 186 valence electrons. The molecule has 7 atom stereocenters. The molecule has 1 fully saturated rings. The lowest BCUT2D eigenvalue weighted by Gasteiger charge is -2.28. The van der Waals surface area contributed by atoms with E-state index >= 15 is 0 Å². The van der Waals surface area contributed by atoms with Gasteiger partial charge in [0.05, 0.1) is 13.2 Å². The zero-order chi connectivity index (χ0) is 25.0. The number of carbonyl (C=O) groups is 1. The fourth-order valence-electron chi connectivity index (χ4n) is 3.37. The van der Waals surface area contributed by atoms with E-state index in [1.807, 2.05) is 0 Å². The highest BCUT2D eigenvalue weighted by atomic mass is 31.2. The van der Waals surface area contributed by atoms with Crippen molar-refractivity contribution in [2.45, 2.75) is 50.5 Å². The summed E-state index contributed by atoms with van der Waals surface area (Å²) in [5.74, 6) is -0.545. The second kappa shape index (κ2) is 10.6. The molecular formula is C20H27N4O9P. The number of aromatic nitrogens is 2. The van der Waals surface area contributed by atoms with E-state index in [2.05, 4.69) is 14.8 Å². The van der Waals surface area contributed by atoms with Gasteiger partial charge in [0.25, 0.3) is 0 Å². The highest BCUT2D eigenvalue weighted by Crippen LogP contribution is 2.47. The molecule has 1 aliphatic rings. The van der Waals surface area contributed by atoms with Crippen molar-refractivity contribution in [2.24, 2.45) is 0 Å². The molecule has 0 bridgehead atoms. The van der Waals surface area contributed by atoms with E-state index in [1.165, 1.54) is 45.4 Å². The van der Waals surface area contributed by atoms with Gasteiger partial charge in [0.2, 0.25) is 0 Å². The minimum Gasteiger partial charge on any atom is -0.468 e. The number of carbonyl (C=O) groups excluding carboxylic acids is 1. The number of hydrogen-bond acceptors (Lipinski definition) is 11. The molecule has 14 heteroatoms. The van der Waals surface area contributed by atoms with Gasteiger partial charge < -0.3 is 29.9 Å². The highest BCUT2D eigenvalue weighted by molar-refractivity contribution is 7.52. The SMILES string of the molecule is COC(=O)C(C)NP(=O)(Oc1ccccc1)OC(C)C1OC(n2ccc(N)nc2=O)[C@@H](O)[C@@H]1O. The molecule has 2 heterocycles. The summed E-state index contributed by atoms with van der Waals surface area (Å²) >= 11 is 0. The Balaban J connectivity index is 1.82. The van der Waals surface area contributed by atoms with Crippen molar-refractivity contribution in [3.05, 3.63) is 53.1 Å². The number of nitrogen functional groups attached to an aromatic ring is 1. The maximum atomic E-state index is 13.6. The molecule has 34 heavy (non-hydrogen) atoms. The summed E-state index contributed by atoms with van der Waals surface area (Å²) in [6, 6.07) is 8.35. The average molecular weight is 498 g/mol. The molecule has 1 aromatic heterocycles. The van der Waals surface area contributed by atoms with E-state index < -0.39 is 56.1 Å². The van der Waals surface area contributed by atoms with E-state index in [0.29, 0.717) is 0 Å². The number of hydrogen-bond donors (Lipinski definition) is 4. The zero-order valence-electron chi connectivity index (χ0n) is 18.7. The molecule has 0 aliphatic carbocycles. The quantitative estimate of drug-likeness (QED) is 0.272. The largest absolute Gasteiger partial charge is 0.468 e. The lowest BCUT2D eigenvalue weighted by Crippen LogP contribution is -2.41. The van der Waals surface area contributed by atoms with Crippen LogP contribution in [0.3, 0.4) is 0 Å². The number of anilines is 1. The Hall–Kier alpha value is -2.80. The normalized spacial score (nSPS) is 25.8. The molecule has 0 amide bonds. The molecule has 3 rings (SSSR count). The first-order valence-electron chi connectivity index (χ1n) is 10.3. The van der Waals surface area contributed by atoms with Crippen molar-refractivity contribution in [1.82, 2.24) is 14.6 Å². The van der Waals surface area contributed by atoms with Crippen molar-refractivity contribution < 1.29 is 38.1 Å². The molecule has 1 aliphatic heterocycles. The minimum atomic E-state index is -4.25. The number of aliphatic hydroxyl groups excluding tert-OH is 2. The van der Waals surface area contributed by atoms with Gasteiger partial charge in [0.15, 0.2) is 6.23 Å². The number of nitrogens with two attached hydrogens (primary N) is 1. The van der Waals surface area contributed by atoms with Crippen LogP contribution in [0.25, 0.3) is 0 Å². The number of ether oxygens (including phenoxy) is 2. The van der Waals surface area contributed by atoms with Gasteiger partial charge in [0.1, 0.15) is 35.9 Å². The molecule has 0 spiro atoms. The number of nitrogens with one attached hydrogen (secondary N) is 1. The number of esters is 1. The Bertz CT molecular complexity index is 1100. The van der Waals surface area contributed by atoms with Crippen LogP contribution in [-0.2, 0) is 23.4 Å². The van der Waals surface area contributed by atoms with Crippen LogP contribution in [0.4, 0.5) is 5.82 Å². The van der Waals surface area contributed by atoms with Crippen LogP contribution in [0.15, 0.2) is 47.4 Å². The van der Waals surface area contributed by atoms with Gasteiger partial charge in [-0.1, -0.05) is 18.2 Å². The Morgan fingerprint density at radius 2 is 1.91 bits per heavy atom. The summed E-state index contributed by atoms with van der Waals surface area (Å²) in [6.07, 6.45) is -5.46. The van der Waals surface area contributed by atoms with E-state index in [1.54, 1.807) is 18.2 Å². The number of rotatable bonds is 9. The maximum absolute atomic E-state index is 13.6. The summed E-state index contributed by atoms with van der Waals surface area (Å²) in [7, 11) is -3.08. The Morgan fingerprint density at radius 1 is 1.24 bits per heavy atom. The first kappa shape index (κ1) is 25.8. The standard InChI is InChI=1S/C20H27N4O9P/c1-11(19(27)30-3)23-34(29,33-13-7-5-4-6-8-13)32-12(2)17-15(25)16(26)18(31-17)24-10-9-14(21)22-20(24)28/h4-12,15-18,25-26H,1-3H3,(H,23,29)(H2,21,22,28)/t11?,12?,15-,16-,17?,18?,34?/m0/s1. The second-order valence-corrected chi connectivity index (χ2v) is 9.25. The predicted molar refractivity (Wildman–Crippen MR) is 119 cm³/mol. The van der Waals surface area contributed by atoms with E-state index in [0.717, 1.165) is 4.57 Å². The lowest BCUT2D eigenvalue weighted by molar-refractivity contribution is -0.142. The van der Waals surface area contributed by atoms with Gasteiger partial charge in [-0.15, -0.1) is 0 Å². The third-order valence-corrected chi connectivity index (χ3v) is 6.81. The van der Waals surface area contributed by atoms with Crippen LogP contribution in [0.5, 0.6) is 5.75 Å². The maximum Gasteiger partial charge on any atom is 0.459 e. The van der Waals surface area contributed by atoms with Crippen molar-refractivity contribution in [2.75, 3.05) is 12.8 Å². The Morgan fingerprint density at radius 3 is 2.53 bits per heavy atom. The molecule has 1 saturated heterocycles. The summed E-state index contributed by atoms with van der Waals surface area (Å²) < 4.78 is 36.0. The lowest BCUT2D eigenvalue weighted by atomic mass is 10.1. The summed E-state index contributed by atoms with van der Waals surface area (Å²) in [5.41, 5.74) is 4.69. The van der Waals surface area contributed by atoms with Crippen LogP contribution in [0, 0.1) is 0 Å². The molecule has 2 aromatic rings. The molecule has 13 nitrogen and oxygen atoms in total. The molecule has 5 N–H and O–H groups in total. The van der Waals surface area contributed by atoms with Crippen LogP contribution >= 0.6 is 7.75 Å². The molecule has 0 radical (unpaired) electrons. The summed E-state index contributed by atoms with van der Waals surface area (Å²) in [5, 5.41) is 23.5.